The van der Waals surface area contributed by atoms with Crippen molar-refractivity contribution in [1.29, 1.82) is 0 Å². The molecule has 31 heavy (non-hydrogen) atoms. The number of aromatic nitrogens is 2. The summed E-state index contributed by atoms with van der Waals surface area (Å²) in [5.74, 6) is -1.18. The van der Waals surface area contributed by atoms with Gasteiger partial charge in [-0.3, -0.25) is 34.4 Å². The Kier molecular flexibility index (Phi) is 6.10. The summed E-state index contributed by atoms with van der Waals surface area (Å²) in [5, 5.41) is 24.3. The first kappa shape index (κ1) is 21.2. The predicted octanol–water partition coefficient (Wildman–Crippen LogP) is 2.30. The van der Waals surface area contributed by atoms with Gasteiger partial charge in [0.05, 0.1) is 33.5 Å². The quantitative estimate of drug-likeness (QED) is 0.449. The molecule has 0 aliphatic heterocycles. The lowest BCUT2D eigenvalue weighted by Gasteiger charge is -2.08. The molecule has 11 nitrogen and oxygen atoms in total. The molecule has 0 aliphatic carbocycles. The van der Waals surface area contributed by atoms with E-state index in [-0.39, 0.29) is 18.7 Å². The largest absolute Gasteiger partial charge is 0.350 e. The molecule has 158 valence electrons. The first-order valence-electron chi connectivity index (χ1n) is 8.79. The lowest BCUT2D eigenvalue weighted by atomic mass is 10.1. The summed E-state index contributed by atoms with van der Waals surface area (Å²) in [7, 11) is 0. The maximum atomic E-state index is 13.0. The average Bonchev–Trinajstić information content (AvgIpc) is 2.74. The molecule has 0 aliphatic rings. The zero-order valence-corrected chi connectivity index (χ0v) is 15.7. The summed E-state index contributed by atoms with van der Waals surface area (Å²) in [6.45, 7) is 0.00506. The van der Waals surface area contributed by atoms with E-state index in [0.717, 1.165) is 18.2 Å². The number of nitrogens with one attached hydrogen (secondary N) is 1. The van der Waals surface area contributed by atoms with E-state index < -0.39 is 38.5 Å². The van der Waals surface area contributed by atoms with Crippen LogP contribution < -0.4 is 10.9 Å². The maximum absolute atomic E-state index is 13.0. The molecule has 0 atom stereocenters. The van der Waals surface area contributed by atoms with Gasteiger partial charge in [-0.1, -0.05) is 0 Å². The van der Waals surface area contributed by atoms with Gasteiger partial charge in [0.2, 0.25) is 0 Å². The standard InChI is InChI=1S/C19H14FN5O6/c20-14-3-1-12(2-4-14)17-10-18(26)23(11-22-17)6-5-21-19(27)13-7-15(24(28)29)9-16(8-13)25(30)31/h1-4,7-11H,5-6H2,(H,21,27). The van der Waals surface area contributed by atoms with Crippen molar-refractivity contribution >= 4 is 17.3 Å². The van der Waals surface area contributed by atoms with Crippen molar-refractivity contribution < 1.29 is 19.0 Å². The number of amides is 1. The van der Waals surface area contributed by atoms with Crippen molar-refractivity contribution in [3.63, 3.8) is 0 Å². The van der Waals surface area contributed by atoms with E-state index in [4.69, 9.17) is 0 Å². The number of hydrogen-bond acceptors (Lipinski definition) is 7. The molecule has 2 aromatic carbocycles. The van der Waals surface area contributed by atoms with Gasteiger partial charge in [-0.15, -0.1) is 0 Å². The summed E-state index contributed by atoms with van der Waals surface area (Å²) in [6, 6.07) is 9.33. The Morgan fingerprint density at radius 1 is 1.03 bits per heavy atom. The number of carbonyl (C=O) groups excluding carboxylic acids is 1. The van der Waals surface area contributed by atoms with Gasteiger partial charge >= 0.3 is 0 Å². The minimum Gasteiger partial charge on any atom is -0.350 e. The first-order chi connectivity index (χ1) is 14.7. The number of nitrogens with zero attached hydrogens (tertiary/aromatic N) is 4. The second-order valence-corrected chi connectivity index (χ2v) is 6.32. The number of nitro groups is 2. The number of carbonyl (C=O) groups is 1. The smallest absolute Gasteiger partial charge is 0.277 e. The zero-order chi connectivity index (χ0) is 22.5. The normalized spacial score (nSPS) is 10.5. The minimum absolute atomic E-state index is 0.0349. The average molecular weight is 427 g/mol. The predicted molar refractivity (Wildman–Crippen MR) is 106 cm³/mol. The van der Waals surface area contributed by atoms with E-state index in [1.54, 1.807) is 0 Å². The molecule has 3 aromatic rings. The Morgan fingerprint density at radius 2 is 1.65 bits per heavy atom. The summed E-state index contributed by atoms with van der Waals surface area (Å²) >= 11 is 0. The molecule has 0 bridgehead atoms. The van der Waals surface area contributed by atoms with Crippen molar-refractivity contribution in [3.05, 3.63) is 96.8 Å². The molecule has 0 spiro atoms. The number of rotatable bonds is 7. The topological polar surface area (TPSA) is 150 Å². The van der Waals surface area contributed by atoms with Gasteiger partial charge in [0.1, 0.15) is 5.82 Å². The van der Waals surface area contributed by atoms with Gasteiger partial charge in [-0.05, 0) is 24.3 Å². The van der Waals surface area contributed by atoms with E-state index in [2.05, 4.69) is 10.3 Å². The molecule has 0 unspecified atom stereocenters. The molecular formula is C19H14FN5O6. The van der Waals surface area contributed by atoms with Crippen LogP contribution in [0.2, 0.25) is 0 Å². The van der Waals surface area contributed by atoms with Gasteiger partial charge in [0.25, 0.3) is 22.8 Å². The third-order valence-electron chi connectivity index (χ3n) is 4.24. The fourth-order valence-electron chi connectivity index (χ4n) is 2.70. The highest BCUT2D eigenvalue weighted by atomic mass is 19.1. The van der Waals surface area contributed by atoms with Crippen molar-refractivity contribution in [3.8, 4) is 11.3 Å². The molecule has 0 fully saturated rings. The lowest BCUT2D eigenvalue weighted by molar-refractivity contribution is -0.394. The van der Waals surface area contributed by atoms with Crippen LogP contribution in [0.1, 0.15) is 10.4 Å². The molecule has 3 rings (SSSR count). The van der Waals surface area contributed by atoms with E-state index in [9.17, 15) is 34.2 Å². The van der Waals surface area contributed by atoms with Gasteiger partial charge in [0, 0.05) is 36.9 Å². The van der Waals surface area contributed by atoms with E-state index in [0.29, 0.717) is 11.3 Å². The fourth-order valence-corrected chi connectivity index (χ4v) is 2.70. The van der Waals surface area contributed by atoms with Crippen molar-refractivity contribution in [2.24, 2.45) is 0 Å². The number of hydrogen-bond donors (Lipinski definition) is 1. The molecule has 1 N–H and O–H groups in total. The van der Waals surface area contributed by atoms with Crippen LogP contribution in [0, 0.1) is 26.0 Å². The molecule has 0 radical (unpaired) electrons. The second-order valence-electron chi connectivity index (χ2n) is 6.32. The van der Waals surface area contributed by atoms with E-state index in [1.807, 2.05) is 0 Å². The third-order valence-corrected chi connectivity index (χ3v) is 4.24. The van der Waals surface area contributed by atoms with Gasteiger partial charge < -0.3 is 5.32 Å². The zero-order valence-electron chi connectivity index (χ0n) is 15.7. The van der Waals surface area contributed by atoms with Gasteiger partial charge in [-0.25, -0.2) is 9.37 Å². The van der Waals surface area contributed by atoms with Crippen molar-refractivity contribution in [2.75, 3.05) is 6.54 Å². The molecule has 1 amide bonds. The monoisotopic (exact) mass is 427 g/mol. The Morgan fingerprint density at radius 3 is 2.19 bits per heavy atom. The number of halogens is 1. The number of benzene rings is 2. The van der Waals surface area contributed by atoms with Gasteiger partial charge in [0.15, 0.2) is 0 Å². The Hall–Kier alpha value is -4.48. The highest BCUT2D eigenvalue weighted by molar-refractivity contribution is 5.95. The van der Waals surface area contributed by atoms with Crippen LogP contribution in [-0.4, -0.2) is 31.8 Å². The first-order valence-corrected chi connectivity index (χ1v) is 8.79. The van der Waals surface area contributed by atoms with Crippen LogP contribution in [0.25, 0.3) is 11.3 Å². The summed E-state index contributed by atoms with van der Waals surface area (Å²) in [4.78, 5) is 48.8. The highest BCUT2D eigenvalue weighted by Gasteiger charge is 2.19. The third kappa shape index (κ3) is 5.12. The Balaban J connectivity index is 1.68. The van der Waals surface area contributed by atoms with E-state index >= 15 is 0 Å². The van der Waals surface area contributed by atoms with Crippen LogP contribution in [0.5, 0.6) is 0 Å². The lowest BCUT2D eigenvalue weighted by Crippen LogP contribution is -2.30. The van der Waals surface area contributed by atoms with Crippen LogP contribution in [0.3, 0.4) is 0 Å². The molecule has 0 saturated heterocycles. The summed E-state index contributed by atoms with van der Waals surface area (Å²) in [6.07, 6.45) is 1.27. The Labute approximate surface area is 173 Å². The molecule has 12 heteroatoms. The SMILES string of the molecule is O=C(NCCn1cnc(-c2ccc(F)cc2)cc1=O)c1cc([N+](=O)[O-])cc([N+](=O)[O-])c1. The molecule has 0 saturated carbocycles. The maximum Gasteiger partial charge on any atom is 0.277 e. The molecular weight excluding hydrogens is 413 g/mol. The van der Waals surface area contributed by atoms with Crippen LogP contribution in [0.15, 0.2) is 59.7 Å². The van der Waals surface area contributed by atoms with Crippen molar-refractivity contribution in [1.82, 2.24) is 14.9 Å². The van der Waals surface area contributed by atoms with Crippen LogP contribution >= 0.6 is 0 Å². The summed E-state index contributed by atoms with van der Waals surface area (Å²) < 4.78 is 14.2. The Bertz CT molecular complexity index is 1190. The number of non-ortho nitro benzene ring substituents is 2. The highest BCUT2D eigenvalue weighted by Crippen LogP contribution is 2.22. The van der Waals surface area contributed by atoms with E-state index in [1.165, 1.54) is 41.2 Å². The second kappa shape index (κ2) is 8.90. The van der Waals surface area contributed by atoms with Gasteiger partial charge in [-0.2, -0.15) is 0 Å². The molecule has 1 aromatic heterocycles. The number of nitro benzene ring substituents is 2. The molecule has 1 heterocycles. The van der Waals surface area contributed by atoms with Crippen LogP contribution in [0.4, 0.5) is 15.8 Å². The minimum atomic E-state index is -0.836. The van der Waals surface area contributed by atoms with Crippen LogP contribution in [-0.2, 0) is 6.54 Å². The fraction of sp³-hybridized carbons (Fsp3) is 0.105. The summed E-state index contributed by atoms with van der Waals surface area (Å²) in [5.41, 5.74) is -0.916. The van der Waals surface area contributed by atoms with Crippen molar-refractivity contribution in [2.45, 2.75) is 6.54 Å².